The fourth-order valence-corrected chi connectivity index (χ4v) is 5.12. The quantitative estimate of drug-likeness (QED) is 0.335. The molecule has 1 aliphatic rings. The van der Waals surface area contributed by atoms with E-state index in [1.54, 1.807) is 13.2 Å². The zero-order chi connectivity index (χ0) is 27.1. The van der Waals surface area contributed by atoms with Crippen molar-refractivity contribution in [2.24, 2.45) is 0 Å². The van der Waals surface area contributed by atoms with Crippen molar-refractivity contribution in [2.45, 2.75) is 33.3 Å². The summed E-state index contributed by atoms with van der Waals surface area (Å²) in [7, 11) is 1.62. The molecule has 0 bridgehead atoms. The summed E-state index contributed by atoms with van der Waals surface area (Å²) < 4.78 is 32.5. The summed E-state index contributed by atoms with van der Waals surface area (Å²) in [5, 5.41) is 13.7. The summed E-state index contributed by atoms with van der Waals surface area (Å²) in [4.78, 5) is 19.0. The number of aromatic amines is 1. The molecule has 0 amide bonds. The fourth-order valence-electron chi connectivity index (χ4n) is 5.12. The molecule has 5 aromatic rings. The molecule has 2 N–H and O–H groups in total. The first-order chi connectivity index (χ1) is 19.0. The highest BCUT2D eigenvalue weighted by atomic mass is 19.1. The number of hydrogen-bond donors (Lipinski definition) is 2. The molecule has 0 saturated heterocycles. The number of benzene rings is 3. The number of fused-ring (bicyclic) bond motifs is 3. The first-order valence-electron chi connectivity index (χ1n) is 12.4. The van der Waals surface area contributed by atoms with Crippen molar-refractivity contribution in [2.75, 3.05) is 7.11 Å². The fraction of sp³-hybridized carbons (Fsp3) is 0.207. The van der Waals surface area contributed by atoms with Crippen molar-refractivity contribution in [1.29, 1.82) is 0 Å². The summed E-state index contributed by atoms with van der Waals surface area (Å²) in [6, 6.07) is 16.2. The Hall–Kier alpha value is -4.54. The third kappa shape index (κ3) is 4.43. The second-order valence-electron chi connectivity index (χ2n) is 9.35. The molecule has 9 nitrogen and oxygen atoms in total. The Bertz CT molecular complexity index is 1800. The lowest BCUT2D eigenvalue weighted by Crippen LogP contribution is -2.07. The first kappa shape index (κ1) is 24.8. The molecule has 0 fully saturated rings. The van der Waals surface area contributed by atoms with E-state index in [1.807, 2.05) is 37.3 Å². The average Bonchev–Trinajstić information content (AvgIpc) is 3.48. The number of halogens is 1. The normalized spacial score (nSPS) is 14.1. The minimum Gasteiger partial charge on any atom is -0.488 e. The van der Waals surface area contributed by atoms with Gasteiger partial charge < -0.3 is 19.1 Å². The van der Waals surface area contributed by atoms with E-state index in [4.69, 9.17) is 19.0 Å². The van der Waals surface area contributed by atoms with E-state index in [2.05, 4.69) is 20.8 Å². The smallest absolute Gasteiger partial charge is 0.439 e. The van der Waals surface area contributed by atoms with Gasteiger partial charge in [-0.25, -0.2) is 14.2 Å². The standard InChI is InChI=1S/C29H25FN4O5/c1-16(28-32-29(36)39-33-28)26-21-8-6-17(10-19(21)14-38-24-11-20(30)7-9-22(24)26)12-34-23-5-3-4-18(13-35)27(23)31-25(34)15-37-2/h3-11,35H,12-15H2,1-2H3,(H,32,33,36)/b26-16+. The van der Waals surface area contributed by atoms with Crippen LogP contribution in [0.15, 0.2) is 63.9 Å². The molecule has 0 aliphatic carbocycles. The number of aromatic nitrogens is 4. The van der Waals surface area contributed by atoms with Crippen LogP contribution in [0.1, 0.15) is 46.4 Å². The van der Waals surface area contributed by atoms with Gasteiger partial charge >= 0.3 is 5.76 Å². The van der Waals surface area contributed by atoms with Crippen molar-refractivity contribution < 1.29 is 23.5 Å². The zero-order valence-electron chi connectivity index (χ0n) is 21.3. The number of nitrogens with zero attached hydrogens (tertiary/aromatic N) is 3. The lowest BCUT2D eigenvalue weighted by atomic mass is 9.89. The lowest BCUT2D eigenvalue weighted by Gasteiger charge is -2.15. The molecule has 1 aliphatic heterocycles. The molecule has 6 rings (SSSR count). The first-order valence-corrected chi connectivity index (χ1v) is 12.4. The Labute approximate surface area is 222 Å². The minimum absolute atomic E-state index is 0.108. The van der Waals surface area contributed by atoms with Crippen molar-refractivity contribution in [3.05, 3.63) is 110 Å². The van der Waals surface area contributed by atoms with Gasteiger partial charge in [0.2, 0.25) is 0 Å². The molecule has 0 saturated carbocycles. The number of nitrogens with one attached hydrogen (secondary N) is 1. The number of para-hydroxylation sites is 1. The number of allylic oxidation sites excluding steroid dienone is 1. The average molecular weight is 529 g/mol. The third-order valence-electron chi connectivity index (χ3n) is 6.93. The van der Waals surface area contributed by atoms with E-state index in [0.717, 1.165) is 44.7 Å². The van der Waals surface area contributed by atoms with Crippen LogP contribution in [0.4, 0.5) is 4.39 Å². The van der Waals surface area contributed by atoms with Gasteiger partial charge in [0, 0.05) is 36.4 Å². The number of aliphatic hydroxyl groups is 1. The number of aliphatic hydroxyl groups excluding tert-OH is 1. The van der Waals surface area contributed by atoms with Crippen molar-refractivity contribution in [3.8, 4) is 5.75 Å². The Morgan fingerprint density at radius 3 is 2.79 bits per heavy atom. The predicted octanol–water partition coefficient (Wildman–Crippen LogP) is 4.41. The van der Waals surface area contributed by atoms with E-state index < -0.39 is 11.6 Å². The van der Waals surface area contributed by atoms with Crippen molar-refractivity contribution >= 4 is 22.2 Å². The summed E-state index contributed by atoms with van der Waals surface area (Å²) in [6.45, 7) is 2.76. The molecule has 0 unspecified atom stereocenters. The predicted molar refractivity (Wildman–Crippen MR) is 141 cm³/mol. The molecule has 198 valence electrons. The van der Waals surface area contributed by atoms with E-state index >= 15 is 0 Å². The molecule has 10 heteroatoms. The summed E-state index contributed by atoms with van der Waals surface area (Å²) in [5.41, 5.74) is 7.25. The molecule has 3 heterocycles. The van der Waals surface area contributed by atoms with Gasteiger partial charge in [0.25, 0.3) is 0 Å². The number of methoxy groups -OCH3 is 1. The Morgan fingerprint density at radius 2 is 2.03 bits per heavy atom. The molecular weight excluding hydrogens is 503 g/mol. The maximum Gasteiger partial charge on any atom is 0.439 e. The van der Waals surface area contributed by atoms with Crippen LogP contribution in [0, 0.1) is 5.82 Å². The van der Waals surface area contributed by atoms with Gasteiger partial charge in [0.15, 0.2) is 5.82 Å². The van der Waals surface area contributed by atoms with Gasteiger partial charge in [-0.15, -0.1) is 0 Å². The van der Waals surface area contributed by atoms with Crippen LogP contribution in [0.2, 0.25) is 0 Å². The highest BCUT2D eigenvalue weighted by Crippen LogP contribution is 2.41. The van der Waals surface area contributed by atoms with Gasteiger partial charge in [0.05, 0.1) is 17.6 Å². The minimum atomic E-state index is -0.659. The van der Waals surface area contributed by atoms with Gasteiger partial charge in [-0.1, -0.05) is 29.4 Å². The number of rotatable bonds is 6. The Balaban J connectivity index is 1.48. The molecule has 0 atom stereocenters. The second-order valence-corrected chi connectivity index (χ2v) is 9.35. The van der Waals surface area contributed by atoms with E-state index in [1.165, 1.54) is 12.1 Å². The van der Waals surface area contributed by atoms with Crippen molar-refractivity contribution in [3.63, 3.8) is 0 Å². The summed E-state index contributed by atoms with van der Waals surface area (Å²) in [5.74, 6) is 0.359. The summed E-state index contributed by atoms with van der Waals surface area (Å²) >= 11 is 0. The molecule has 0 spiro atoms. The van der Waals surface area contributed by atoms with Crippen molar-refractivity contribution in [1.82, 2.24) is 19.7 Å². The molecule has 3 aromatic carbocycles. The van der Waals surface area contributed by atoms with Crippen LogP contribution >= 0.6 is 0 Å². The second kappa shape index (κ2) is 9.97. The zero-order valence-corrected chi connectivity index (χ0v) is 21.3. The van der Waals surface area contributed by atoms with Gasteiger partial charge in [-0.2, -0.15) is 0 Å². The van der Waals surface area contributed by atoms with Gasteiger partial charge in [0.1, 0.15) is 30.6 Å². The van der Waals surface area contributed by atoms with E-state index in [-0.39, 0.29) is 19.0 Å². The van der Waals surface area contributed by atoms with Crippen LogP contribution in [-0.2, 0) is 31.1 Å². The van der Waals surface area contributed by atoms with Crippen LogP contribution in [0.3, 0.4) is 0 Å². The number of hydrogen-bond acceptors (Lipinski definition) is 7. The number of imidazole rings is 1. The Morgan fingerprint density at radius 1 is 1.18 bits per heavy atom. The molecule has 2 aromatic heterocycles. The largest absolute Gasteiger partial charge is 0.488 e. The number of H-pyrrole nitrogens is 1. The Kier molecular flexibility index (Phi) is 6.34. The maximum absolute atomic E-state index is 14.2. The van der Waals surface area contributed by atoms with Crippen LogP contribution in [0.25, 0.3) is 22.2 Å². The molecular formula is C29H25FN4O5. The molecule has 0 radical (unpaired) electrons. The third-order valence-corrected chi connectivity index (χ3v) is 6.93. The lowest BCUT2D eigenvalue weighted by molar-refractivity contribution is 0.175. The van der Waals surface area contributed by atoms with Crippen LogP contribution in [-0.4, -0.2) is 31.9 Å². The van der Waals surface area contributed by atoms with Crippen LogP contribution in [0.5, 0.6) is 5.75 Å². The van der Waals surface area contributed by atoms with Gasteiger partial charge in [-0.05, 0) is 53.5 Å². The maximum atomic E-state index is 14.2. The van der Waals surface area contributed by atoms with Crippen LogP contribution < -0.4 is 10.5 Å². The summed E-state index contributed by atoms with van der Waals surface area (Å²) in [6.07, 6.45) is 0. The van der Waals surface area contributed by atoms with Gasteiger partial charge in [-0.3, -0.25) is 9.51 Å². The highest BCUT2D eigenvalue weighted by molar-refractivity contribution is 5.99. The molecule has 39 heavy (non-hydrogen) atoms. The topological polar surface area (TPSA) is 115 Å². The van der Waals surface area contributed by atoms with E-state index in [9.17, 15) is 14.3 Å². The van der Waals surface area contributed by atoms with E-state index in [0.29, 0.717) is 30.0 Å². The SMILES string of the molecule is COCc1nc2c(CO)cccc2n1Cc1ccc2c(c1)COc1cc(F)ccc1/C2=C(\C)c1noc(=O)[nH]1. The monoisotopic (exact) mass is 528 g/mol. The highest BCUT2D eigenvalue weighted by Gasteiger charge is 2.24. The number of ether oxygens (including phenoxy) is 2.